The molecule has 290 valence electrons. The summed E-state index contributed by atoms with van der Waals surface area (Å²) < 4.78 is 7.70. The van der Waals surface area contributed by atoms with Crippen molar-refractivity contribution >= 4 is 113 Å². The predicted molar refractivity (Wildman–Crippen MR) is 270 cm³/mol. The number of aromatic nitrogens is 1. The summed E-state index contributed by atoms with van der Waals surface area (Å²) in [5, 5.41) is 10.3. The van der Waals surface area contributed by atoms with Crippen molar-refractivity contribution in [1.82, 2.24) is 4.57 Å². The number of rotatable bonds is 6. The van der Waals surface area contributed by atoms with E-state index in [9.17, 15) is 0 Å². The van der Waals surface area contributed by atoms with Gasteiger partial charge in [0.2, 0.25) is 0 Å². The Kier molecular flexibility index (Phi) is 7.99. The normalized spacial score (nSPS) is 11.9. The molecule has 3 heterocycles. The molecule has 0 saturated carbocycles. The molecule has 0 aliphatic rings. The van der Waals surface area contributed by atoms with Crippen molar-refractivity contribution in [3.8, 4) is 27.9 Å². The van der Waals surface area contributed by atoms with Crippen LogP contribution in [-0.4, -0.2) is 4.57 Å². The van der Waals surface area contributed by atoms with Crippen LogP contribution in [0.1, 0.15) is 0 Å². The van der Waals surface area contributed by atoms with E-state index in [4.69, 9.17) is 0 Å². The molecule has 13 rings (SSSR count). The Bertz CT molecular complexity index is 3850. The minimum Gasteiger partial charge on any atom is -0.310 e. The van der Waals surface area contributed by atoms with E-state index in [1.807, 2.05) is 22.7 Å². The number of hydrogen-bond acceptors (Lipinski definition) is 3. The molecule has 4 heteroatoms. The molecular formula is C58H36N2S2. The van der Waals surface area contributed by atoms with Gasteiger partial charge in [-0.1, -0.05) is 140 Å². The van der Waals surface area contributed by atoms with Gasteiger partial charge in [0.15, 0.2) is 0 Å². The first kappa shape index (κ1) is 35.3. The lowest BCUT2D eigenvalue weighted by atomic mass is 10.0. The van der Waals surface area contributed by atoms with Crippen LogP contribution >= 0.6 is 22.7 Å². The highest BCUT2D eigenvalue weighted by Gasteiger charge is 2.18. The second kappa shape index (κ2) is 14.0. The monoisotopic (exact) mass is 824 g/mol. The number of anilines is 3. The lowest BCUT2D eigenvalue weighted by Crippen LogP contribution is -2.09. The van der Waals surface area contributed by atoms with Gasteiger partial charge in [0.05, 0.1) is 11.0 Å². The second-order valence-electron chi connectivity index (χ2n) is 16.1. The molecule has 10 aromatic carbocycles. The average Bonchev–Trinajstić information content (AvgIpc) is 4.01. The first-order chi connectivity index (χ1) is 30.7. The van der Waals surface area contributed by atoms with Gasteiger partial charge in [-0.25, -0.2) is 0 Å². The first-order valence-corrected chi connectivity index (χ1v) is 22.7. The van der Waals surface area contributed by atoms with Gasteiger partial charge in [0.1, 0.15) is 0 Å². The topological polar surface area (TPSA) is 8.17 Å². The Morgan fingerprint density at radius 1 is 0.306 bits per heavy atom. The molecule has 0 N–H and O–H groups in total. The van der Waals surface area contributed by atoms with Gasteiger partial charge in [0.25, 0.3) is 0 Å². The SMILES string of the molecule is c1ccc(-n2c3cc(-c4ccc(N(c5ccc(-c6ccc7sc8ccccc8c7c6)cc5)c5ccc6c(c5)sc5ccccc56)cc4)ccc3c3ccc4ccccc4c32)cc1. The fourth-order valence-corrected chi connectivity index (χ4v) is 11.8. The minimum absolute atomic E-state index is 1.11. The first-order valence-electron chi connectivity index (χ1n) is 21.1. The van der Waals surface area contributed by atoms with E-state index in [2.05, 4.69) is 228 Å². The van der Waals surface area contributed by atoms with E-state index < -0.39 is 0 Å². The van der Waals surface area contributed by atoms with E-state index in [1.54, 1.807) is 0 Å². The average molecular weight is 825 g/mol. The molecule has 0 fully saturated rings. The molecule has 62 heavy (non-hydrogen) atoms. The number of nitrogens with zero attached hydrogens (tertiary/aromatic N) is 2. The Morgan fingerprint density at radius 2 is 0.823 bits per heavy atom. The van der Waals surface area contributed by atoms with E-state index in [0.717, 1.165) is 22.7 Å². The summed E-state index contributed by atoms with van der Waals surface area (Å²) in [4.78, 5) is 2.40. The summed E-state index contributed by atoms with van der Waals surface area (Å²) in [6.45, 7) is 0. The van der Waals surface area contributed by atoms with E-state index in [1.165, 1.54) is 95.2 Å². The highest BCUT2D eigenvalue weighted by molar-refractivity contribution is 7.26. The third kappa shape index (κ3) is 5.61. The van der Waals surface area contributed by atoms with Crippen molar-refractivity contribution in [2.24, 2.45) is 0 Å². The molecule has 0 saturated heterocycles. The van der Waals surface area contributed by atoms with Crippen LogP contribution in [0.25, 0.3) is 101 Å². The molecule has 0 spiro atoms. The number of hydrogen-bond donors (Lipinski definition) is 0. The minimum atomic E-state index is 1.11. The fourth-order valence-electron chi connectivity index (χ4n) is 9.62. The summed E-state index contributed by atoms with van der Waals surface area (Å²) in [7, 11) is 0. The maximum atomic E-state index is 2.45. The zero-order valence-electron chi connectivity index (χ0n) is 33.5. The smallest absolute Gasteiger partial charge is 0.0619 e. The van der Waals surface area contributed by atoms with Crippen LogP contribution in [-0.2, 0) is 0 Å². The van der Waals surface area contributed by atoms with Gasteiger partial charge in [-0.15, -0.1) is 22.7 Å². The van der Waals surface area contributed by atoms with Crippen molar-refractivity contribution in [2.45, 2.75) is 0 Å². The molecule has 0 aliphatic carbocycles. The Morgan fingerprint density at radius 3 is 1.56 bits per heavy atom. The maximum absolute atomic E-state index is 2.45. The van der Waals surface area contributed by atoms with Crippen LogP contribution in [0, 0.1) is 0 Å². The summed E-state index contributed by atoms with van der Waals surface area (Å²) in [6, 6.07) is 80.5. The van der Waals surface area contributed by atoms with Crippen LogP contribution in [0.3, 0.4) is 0 Å². The van der Waals surface area contributed by atoms with Crippen molar-refractivity contribution in [3.63, 3.8) is 0 Å². The lowest BCUT2D eigenvalue weighted by Gasteiger charge is -2.26. The zero-order chi connectivity index (χ0) is 40.7. The second-order valence-corrected chi connectivity index (χ2v) is 18.3. The van der Waals surface area contributed by atoms with Crippen LogP contribution in [0.15, 0.2) is 218 Å². The van der Waals surface area contributed by atoms with E-state index in [-0.39, 0.29) is 0 Å². The maximum Gasteiger partial charge on any atom is 0.0619 e. The van der Waals surface area contributed by atoms with Gasteiger partial charge in [0, 0.05) is 79.3 Å². The third-order valence-electron chi connectivity index (χ3n) is 12.6. The fraction of sp³-hybridized carbons (Fsp3) is 0. The van der Waals surface area contributed by atoms with Crippen LogP contribution in [0.5, 0.6) is 0 Å². The van der Waals surface area contributed by atoms with E-state index >= 15 is 0 Å². The Labute approximate surface area is 366 Å². The molecular weight excluding hydrogens is 789 g/mol. The molecule has 0 amide bonds. The van der Waals surface area contributed by atoms with Crippen molar-refractivity contribution in [1.29, 1.82) is 0 Å². The van der Waals surface area contributed by atoms with Gasteiger partial charge >= 0.3 is 0 Å². The predicted octanol–water partition coefficient (Wildman–Crippen LogP) is 17.5. The van der Waals surface area contributed by atoms with Crippen molar-refractivity contribution in [3.05, 3.63) is 218 Å². The molecule has 13 aromatic rings. The van der Waals surface area contributed by atoms with Crippen LogP contribution in [0.2, 0.25) is 0 Å². The molecule has 0 radical (unpaired) electrons. The lowest BCUT2D eigenvalue weighted by molar-refractivity contribution is 1.19. The summed E-state index contributed by atoms with van der Waals surface area (Å²) >= 11 is 3.72. The van der Waals surface area contributed by atoms with Gasteiger partial charge in [-0.2, -0.15) is 0 Å². The molecule has 0 unspecified atom stereocenters. The molecule has 0 atom stereocenters. The molecule has 2 nitrogen and oxygen atoms in total. The summed E-state index contributed by atoms with van der Waals surface area (Å²) in [5.41, 5.74) is 11.8. The molecule has 0 aliphatic heterocycles. The highest BCUT2D eigenvalue weighted by Crippen LogP contribution is 2.43. The number of benzene rings is 10. The van der Waals surface area contributed by atoms with Gasteiger partial charge < -0.3 is 9.47 Å². The molecule has 0 bridgehead atoms. The summed E-state index contributed by atoms with van der Waals surface area (Å²) in [6.07, 6.45) is 0. The van der Waals surface area contributed by atoms with Crippen molar-refractivity contribution < 1.29 is 0 Å². The van der Waals surface area contributed by atoms with Crippen molar-refractivity contribution in [2.75, 3.05) is 4.90 Å². The third-order valence-corrected chi connectivity index (χ3v) is 14.9. The summed E-state index contributed by atoms with van der Waals surface area (Å²) in [5.74, 6) is 0. The standard InChI is InChI=1S/C58H36N2S2/c1-2-11-42(12-3-1)60-53-35-41(23-30-47(53)51-31-22-39-10-4-5-13-46(39)58(51)60)38-20-27-44(28-21-38)59(45-29-32-50-48-14-6-8-16-54(48)62-57(50)36-45)43-25-18-37(19-26-43)40-24-33-56-52(34-40)49-15-7-9-17-55(49)61-56/h1-36H. The van der Waals surface area contributed by atoms with Crippen LogP contribution in [0.4, 0.5) is 17.1 Å². The van der Waals surface area contributed by atoms with Gasteiger partial charge in [-0.3, -0.25) is 0 Å². The van der Waals surface area contributed by atoms with E-state index in [0.29, 0.717) is 0 Å². The quantitative estimate of drug-likeness (QED) is 0.162. The number of fused-ring (bicyclic) bond motifs is 11. The van der Waals surface area contributed by atoms with Crippen LogP contribution < -0.4 is 4.90 Å². The Hall–Kier alpha value is -7.50. The highest BCUT2D eigenvalue weighted by atomic mass is 32.1. The Balaban J connectivity index is 0.923. The zero-order valence-corrected chi connectivity index (χ0v) is 35.1. The van der Waals surface area contributed by atoms with Gasteiger partial charge in [-0.05, 0) is 107 Å². The number of thiophene rings is 2. The molecule has 3 aromatic heterocycles. The number of para-hydroxylation sites is 1. The largest absolute Gasteiger partial charge is 0.310 e.